The van der Waals surface area contributed by atoms with Gasteiger partial charge in [-0.05, 0) is 53.8 Å². The lowest BCUT2D eigenvalue weighted by atomic mass is 10.0. The summed E-state index contributed by atoms with van der Waals surface area (Å²) in [6.45, 7) is 0.275. The molecule has 4 nitrogen and oxygen atoms in total. The molecular formula is C29H29Cl3N2O2. The van der Waals surface area contributed by atoms with Gasteiger partial charge in [-0.2, -0.15) is 0 Å². The molecule has 4 rings (SSSR count). The Bertz CT molecular complexity index is 1180. The van der Waals surface area contributed by atoms with E-state index in [9.17, 15) is 9.59 Å². The minimum absolute atomic E-state index is 0.0611. The minimum Gasteiger partial charge on any atom is -0.352 e. The molecule has 1 fully saturated rings. The van der Waals surface area contributed by atoms with Gasteiger partial charge in [0.15, 0.2) is 0 Å². The normalized spacial score (nSPS) is 14.4. The molecule has 188 valence electrons. The SMILES string of the molecule is O=C(NC1CCCC1)[C@@H](Cc1ccccc1)N(Cc1ccc(Cl)cc1)C(=O)Cc1ccc(Cl)cc1Cl. The zero-order valence-corrected chi connectivity index (χ0v) is 22.2. The number of nitrogens with zero attached hydrogens (tertiary/aromatic N) is 1. The van der Waals surface area contributed by atoms with Crippen molar-refractivity contribution < 1.29 is 9.59 Å². The predicted octanol–water partition coefficient (Wildman–Crippen LogP) is 6.89. The van der Waals surface area contributed by atoms with Crippen LogP contribution in [0.4, 0.5) is 0 Å². The summed E-state index contributed by atoms with van der Waals surface area (Å²) in [6.07, 6.45) is 4.62. The molecule has 1 N–H and O–H groups in total. The number of amides is 2. The molecule has 0 spiro atoms. The van der Waals surface area contributed by atoms with Crippen LogP contribution in [0.25, 0.3) is 0 Å². The molecule has 3 aromatic rings. The molecule has 0 unspecified atom stereocenters. The summed E-state index contributed by atoms with van der Waals surface area (Å²) in [7, 11) is 0. The first-order valence-electron chi connectivity index (χ1n) is 12.2. The highest BCUT2D eigenvalue weighted by Crippen LogP contribution is 2.24. The van der Waals surface area contributed by atoms with Crippen molar-refractivity contribution in [2.75, 3.05) is 0 Å². The zero-order valence-electron chi connectivity index (χ0n) is 19.9. The number of benzene rings is 3. The van der Waals surface area contributed by atoms with Crippen LogP contribution in [-0.2, 0) is 29.0 Å². The smallest absolute Gasteiger partial charge is 0.243 e. The van der Waals surface area contributed by atoms with Crippen molar-refractivity contribution in [3.05, 3.63) is 105 Å². The van der Waals surface area contributed by atoms with Crippen molar-refractivity contribution in [2.24, 2.45) is 0 Å². The van der Waals surface area contributed by atoms with Crippen LogP contribution in [0, 0.1) is 0 Å². The van der Waals surface area contributed by atoms with Crippen LogP contribution in [0.3, 0.4) is 0 Å². The van der Waals surface area contributed by atoms with Gasteiger partial charge < -0.3 is 10.2 Å². The Kier molecular flexibility index (Phi) is 9.30. The second-order valence-corrected chi connectivity index (χ2v) is 10.5. The number of hydrogen-bond donors (Lipinski definition) is 1. The molecule has 1 aliphatic carbocycles. The summed E-state index contributed by atoms with van der Waals surface area (Å²) >= 11 is 18.5. The van der Waals surface area contributed by atoms with Gasteiger partial charge in [-0.15, -0.1) is 0 Å². The molecule has 0 bridgehead atoms. The molecule has 36 heavy (non-hydrogen) atoms. The third kappa shape index (κ3) is 7.25. The highest BCUT2D eigenvalue weighted by Gasteiger charge is 2.32. The van der Waals surface area contributed by atoms with Gasteiger partial charge >= 0.3 is 0 Å². The molecule has 0 aromatic heterocycles. The number of halogens is 3. The summed E-state index contributed by atoms with van der Waals surface area (Å²) < 4.78 is 0. The molecule has 3 aromatic carbocycles. The lowest BCUT2D eigenvalue weighted by Crippen LogP contribution is -2.52. The van der Waals surface area contributed by atoms with Gasteiger partial charge in [0, 0.05) is 34.1 Å². The summed E-state index contributed by atoms with van der Waals surface area (Å²) in [5.74, 6) is -0.313. The van der Waals surface area contributed by atoms with Crippen LogP contribution in [0.1, 0.15) is 42.4 Å². The molecule has 0 saturated heterocycles. The molecule has 0 heterocycles. The molecule has 2 amide bonds. The lowest BCUT2D eigenvalue weighted by Gasteiger charge is -2.32. The van der Waals surface area contributed by atoms with Gasteiger partial charge in [0.05, 0.1) is 6.42 Å². The van der Waals surface area contributed by atoms with E-state index >= 15 is 0 Å². The van der Waals surface area contributed by atoms with E-state index < -0.39 is 6.04 Å². The Morgan fingerprint density at radius 1 is 0.861 bits per heavy atom. The maximum Gasteiger partial charge on any atom is 0.243 e. The lowest BCUT2D eigenvalue weighted by molar-refractivity contribution is -0.141. The number of rotatable bonds is 9. The fourth-order valence-electron chi connectivity index (χ4n) is 4.64. The van der Waals surface area contributed by atoms with E-state index in [1.54, 1.807) is 35.2 Å². The topological polar surface area (TPSA) is 49.4 Å². The van der Waals surface area contributed by atoms with E-state index in [4.69, 9.17) is 34.8 Å². The Balaban J connectivity index is 1.66. The maximum atomic E-state index is 13.8. The van der Waals surface area contributed by atoms with E-state index in [0.717, 1.165) is 36.8 Å². The van der Waals surface area contributed by atoms with E-state index in [0.29, 0.717) is 27.1 Å². The molecule has 7 heteroatoms. The van der Waals surface area contributed by atoms with Crippen molar-refractivity contribution in [2.45, 2.75) is 57.2 Å². The predicted molar refractivity (Wildman–Crippen MR) is 147 cm³/mol. The average molecular weight is 544 g/mol. The molecule has 1 saturated carbocycles. The van der Waals surface area contributed by atoms with Crippen molar-refractivity contribution in [1.29, 1.82) is 0 Å². The molecule has 1 aliphatic rings. The summed E-state index contributed by atoms with van der Waals surface area (Å²) in [5.41, 5.74) is 2.55. The summed E-state index contributed by atoms with van der Waals surface area (Å²) in [4.78, 5) is 29.2. The van der Waals surface area contributed by atoms with Gasteiger partial charge in [0.1, 0.15) is 6.04 Å². The Morgan fingerprint density at radius 3 is 2.19 bits per heavy atom. The highest BCUT2D eigenvalue weighted by molar-refractivity contribution is 6.35. The van der Waals surface area contributed by atoms with Crippen LogP contribution in [0.15, 0.2) is 72.8 Å². The fourth-order valence-corrected chi connectivity index (χ4v) is 5.24. The fraction of sp³-hybridized carbons (Fsp3) is 0.310. The van der Waals surface area contributed by atoms with Crippen molar-refractivity contribution in [1.82, 2.24) is 10.2 Å². The standard InChI is InChI=1S/C29H29Cl3N2O2/c30-23-13-10-21(11-14-23)19-34(28(35)17-22-12-15-24(31)18-26(22)32)27(16-20-6-2-1-3-7-20)29(36)33-25-8-4-5-9-25/h1-3,6-7,10-15,18,25,27H,4-5,8-9,16-17,19H2,(H,33,36)/t27-/m1/s1. The number of carbonyl (C=O) groups is 2. The molecular weight excluding hydrogens is 515 g/mol. The van der Waals surface area contributed by atoms with Crippen molar-refractivity contribution in [3.8, 4) is 0 Å². The van der Waals surface area contributed by atoms with Crippen LogP contribution >= 0.6 is 34.8 Å². The van der Waals surface area contributed by atoms with Crippen LogP contribution in [-0.4, -0.2) is 28.8 Å². The first-order chi connectivity index (χ1) is 17.4. The minimum atomic E-state index is -0.678. The Labute approximate surface area is 227 Å². The third-order valence-electron chi connectivity index (χ3n) is 6.60. The molecule has 0 aliphatic heterocycles. The van der Waals surface area contributed by atoms with Gasteiger partial charge in [-0.1, -0.05) is 96.2 Å². The maximum absolute atomic E-state index is 13.8. The van der Waals surface area contributed by atoms with Crippen LogP contribution in [0.5, 0.6) is 0 Å². The quantitative estimate of drug-likeness (QED) is 0.319. The summed E-state index contributed by atoms with van der Waals surface area (Å²) in [6, 6.07) is 21.7. The van der Waals surface area contributed by atoms with E-state index in [2.05, 4.69) is 5.32 Å². The Hall–Kier alpha value is -2.53. The second-order valence-electron chi connectivity index (χ2n) is 9.26. The van der Waals surface area contributed by atoms with E-state index in [-0.39, 0.29) is 30.8 Å². The number of hydrogen-bond acceptors (Lipinski definition) is 2. The third-order valence-corrected chi connectivity index (χ3v) is 7.43. The van der Waals surface area contributed by atoms with Crippen LogP contribution in [0.2, 0.25) is 15.1 Å². The molecule has 1 atom stereocenters. The van der Waals surface area contributed by atoms with Crippen LogP contribution < -0.4 is 5.32 Å². The highest BCUT2D eigenvalue weighted by atomic mass is 35.5. The first-order valence-corrected chi connectivity index (χ1v) is 13.3. The van der Waals surface area contributed by atoms with E-state index in [1.165, 1.54) is 0 Å². The van der Waals surface area contributed by atoms with Crippen molar-refractivity contribution in [3.63, 3.8) is 0 Å². The van der Waals surface area contributed by atoms with Crippen molar-refractivity contribution >= 4 is 46.6 Å². The monoisotopic (exact) mass is 542 g/mol. The second kappa shape index (κ2) is 12.6. The Morgan fingerprint density at radius 2 is 1.53 bits per heavy atom. The average Bonchev–Trinajstić information content (AvgIpc) is 3.38. The van der Waals surface area contributed by atoms with Gasteiger partial charge in [0.2, 0.25) is 11.8 Å². The molecule has 0 radical (unpaired) electrons. The van der Waals surface area contributed by atoms with Gasteiger partial charge in [-0.3, -0.25) is 9.59 Å². The summed E-state index contributed by atoms with van der Waals surface area (Å²) in [5, 5.41) is 4.76. The largest absolute Gasteiger partial charge is 0.352 e. The first kappa shape index (κ1) is 26.5. The van der Waals surface area contributed by atoms with Gasteiger partial charge in [-0.25, -0.2) is 0 Å². The zero-order chi connectivity index (χ0) is 25.5. The van der Waals surface area contributed by atoms with Gasteiger partial charge in [0.25, 0.3) is 0 Å². The number of nitrogens with one attached hydrogen (secondary N) is 1. The number of carbonyl (C=O) groups excluding carboxylic acids is 2. The van der Waals surface area contributed by atoms with E-state index in [1.807, 2.05) is 42.5 Å².